The number of hydrogen-bond acceptors (Lipinski definition) is 7. The number of hydrogen-bond donors (Lipinski definition) is 1. The minimum Gasteiger partial charge on any atom is -0.487 e. The van der Waals surface area contributed by atoms with Gasteiger partial charge in [0, 0.05) is 44.9 Å². The molecule has 1 aromatic heterocycles. The van der Waals surface area contributed by atoms with E-state index in [9.17, 15) is 14.0 Å². The predicted octanol–water partition coefficient (Wildman–Crippen LogP) is 2.27. The Morgan fingerprint density at radius 2 is 2.00 bits per heavy atom. The van der Waals surface area contributed by atoms with Crippen LogP contribution >= 0.6 is 0 Å². The Labute approximate surface area is 154 Å². The number of carbonyl (C=O) groups is 2. The van der Waals surface area contributed by atoms with E-state index in [0.29, 0.717) is 5.75 Å². The predicted molar refractivity (Wildman–Crippen MR) is 91.9 cm³/mol. The Hall–Kier alpha value is -3.36. The number of anilines is 1. The van der Waals surface area contributed by atoms with Gasteiger partial charge in [-0.3, -0.25) is 4.68 Å². The summed E-state index contributed by atoms with van der Waals surface area (Å²) in [4.78, 5) is 23.9. The van der Waals surface area contributed by atoms with Crippen molar-refractivity contribution in [2.75, 3.05) is 5.32 Å². The Bertz CT molecular complexity index is 897. The van der Waals surface area contributed by atoms with Crippen molar-refractivity contribution in [1.29, 1.82) is 0 Å². The number of nitrogens with one attached hydrogen (secondary N) is 1. The molecule has 2 aromatic rings. The number of ether oxygens (including phenoxy) is 3. The smallest absolute Gasteiger partial charge is 0.350 e. The van der Waals surface area contributed by atoms with Gasteiger partial charge in [-0.2, -0.15) is 5.10 Å². The van der Waals surface area contributed by atoms with Crippen molar-refractivity contribution in [2.45, 2.75) is 26.2 Å². The van der Waals surface area contributed by atoms with Gasteiger partial charge in [-0.05, 0) is 12.1 Å². The number of halogens is 1. The summed E-state index contributed by atoms with van der Waals surface area (Å²) in [6, 6.07) is 3.86. The zero-order valence-corrected chi connectivity index (χ0v) is 15.0. The highest BCUT2D eigenvalue weighted by molar-refractivity contribution is 6.15. The Morgan fingerprint density at radius 1 is 1.30 bits per heavy atom. The summed E-state index contributed by atoms with van der Waals surface area (Å²) in [7, 11) is 1.78. The second-order valence-corrected chi connectivity index (χ2v) is 6.33. The fraction of sp³-hybridized carbons (Fsp3) is 0.278. The normalized spacial score (nSPS) is 15.8. The van der Waals surface area contributed by atoms with Gasteiger partial charge in [-0.1, -0.05) is 0 Å². The third-order valence-corrected chi connectivity index (χ3v) is 3.58. The first-order valence-electron chi connectivity index (χ1n) is 8.07. The Morgan fingerprint density at radius 3 is 2.63 bits per heavy atom. The molecule has 27 heavy (non-hydrogen) atoms. The summed E-state index contributed by atoms with van der Waals surface area (Å²) in [5.74, 6) is -3.19. The van der Waals surface area contributed by atoms with Crippen LogP contribution in [0, 0.1) is 5.82 Å². The Kier molecular flexibility index (Phi) is 4.85. The molecule has 0 bridgehead atoms. The van der Waals surface area contributed by atoms with Crippen LogP contribution in [0.4, 0.5) is 10.1 Å². The van der Waals surface area contributed by atoms with E-state index in [4.69, 9.17) is 14.2 Å². The average Bonchev–Trinajstić information content (AvgIpc) is 2.97. The number of aryl methyl sites for hydroxylation is 1. The van der Waals surface area contributed by atoms with E-state index in [0.717, 1.165) is 11.8 Å². The van der Waals surface area contributed by atoms with Crippen LogP contribution in [0.5, 0.6) is 5.75 Å². The molecule has 142 valence electrons. The highest BCUT2D eigenvalue weighted by atomic mass is 19.1. The van der Waals surface area contributed by atoms with Gasteiger partial charge in [-0.15, -0.1) is 0 Å². The summed E-state index contributed by atoms with van der Waals surface area (Å²) in [5, 5.41) is 6.74. The molecule has 1 aliphatic heterocycles. The number of aromatic nitrogens is 2. The number of cyclic esters (lactones) is 2. The molecule has 0 atom stereocenters. The third-order valence-electron chi connectivity index (χ3n) is 3.58. The maximum atomic E-state index is 13.6. The summed E-state index contributed by atoms with van der Waals surface area (Å²) in [6.45, 7) is 3.11. The zero-order valence-electron chi connectivity index (χ0n) is 15.0. The fourth-order valence-corrected chi connectivity index (χ4v) is 2.38. The molecule has 0 unspecified atom stereocenters. The monoisotopic (exact) mass is 375 g/mol. The third kappa shape index (κ3) is 4.43. The van der Waals surface area contributed by atoms with Gasteiger partial charge in [0.2, 0.25) is 0 Å². The topological polar surface area (TPSA) is 91.7 Å². The summed E-state index contributed by atoms with van der Waals surface area (Å²) in [6.07, 6.45) is 4.54. The molecule has 1 N–H and O–H groups in total. The molecule has 1 aromatic carbocycles. The lowest BCUT2D eigenvalue weighted by Crippen LogP contribution is -2.42. The van der Waals surface area contributed by atoms with Crippen molar-refractivity contribution in [3.63, 3.8) is 0 Å². The van der Waals surface area contributed by atoms with Crippen molar-refractivity contribution in [3.8, 4) is 5.75 Å². The summed E-state index contributed by atoms with van der Waals surface area (Å²) in [5.41, 5.74) is 0.724. The largest absolute Gasteiger partial charge is 0.487 e. The number of nitrogens with zero attached hydrogens (tertiary/aromatic N) is 2. The lowest BCUT2D eigenvalue weighted by atomic mass is 10.2. The Balaban J connectivity index is 1.77. The van der Waals surface area contributed by atoms with E-state index in [1.165, 1.54) is 32.0 Å². The van der Waals surface area contributed by atoms with Crippen LogP contribution in [-0.2, 0) is 32.7 Å². The molecule has 1 saturated heterocycles. The molecular formula is C18H18FN3O5. The second-order valence-electron chi connectivity index (χ2n) is 6.33. The van der Waals surface area contributed by atoms with Crippen LogP contribution < -0.4 is 10.1 Å². The second kappa shape index (κ2) is 7.10. The van der Waals surface area contributed by atoms with Crippen molar-refractivity contribution in [2.24, 2.45) is 7.05 Å². The maximum absolute atomic E-state index is 13.6. The van der Waals surface area contributed by atoms with E-state index < -0.39 is 23.5 Å². The van der Waals surface area contributed by atoms with Crippen LogP contribution in [0.15, 0.2) is 42.4 Å². The first-order chi connectivity index (χ1) is 12.7. The molecule has 0 radical (unpaired) electrons. The molecule has 9 heteroatoms. The van der Waals surface area contributed by atoms with Gasteiger partial charge >= 0.3 is 11.9 Å². The van der Waals surface area contributed by atoms with E-state index in [1.54, 1.807) is 24.1 Å². The van der Waals surface area contributed by atoms with E-state index >= 15 is 0 Å². The van der Waals surface area contributed by atoms with Crippen LogP contribution in [0.1, 0.15) is 19.4 Å². The quantitative estimate of drug-likeness (QED) is 0.487. The van der Waals surface area contributed by atoms with Crippen molar-refractivity contribution < 1.29 is 28.2 Å². The van der Waals surface area contributed by atoms with Crippen LogP contribution in [0.3, 0.4) is 0 Å². The lowest BCUT2D eigenvalue weighted by molar-refractivity contribution is -0.222. The van der Waals surface area contributed by atoms with Crippen molar-refractivity contribution >= 4 is 17.6 Å². The zero-order chi connectivity index (χ0) is 19.6. The van der Waals surface area contributed by atoms with Crippen LogP contribution in [0.25, 0.3) is 0 Å². The number of esters is 2. The van der Waals surface area contributed by atoms with E-state index in [-0.39, 0.29) is 17.9 Å². The van der Waals surface area contributed by atoms with Gasteiger partial charge < -0.3 is 19.5 Å². The van der Waals surface area contributed by atoms with Gasteiger partial charge in [0.15, 0.2) is 5.57 Å². The molecular weight excluding hydrogens is 357 g/mol. The molecule has 8 nitrogen and oxygen atoms in total. The van der Waals surface area contributed by atoms with E-state index in [1.807, 2.05) is 0 Å². The molecule has 2 heterocycles. The lowest BCUT2D eigenvalue weighted by Gasteiger charge is -2.29. The van der Waals surface area contributed by atoms with Gasteiger partial charge in [0.1, 0.15) is 18.2 Å². The first-order valence-corrected chi connectivity index (χ1v) is 8.07. The first kappa shape index (κ1) is 18.4. The number of carbonyl (C=O) groups excluding carboxylic acids is 2. The van der Waals surface area contributed by atoms with Crippen molar-refractivity contribution in [1.82, 2.24) is 9.78 Å². The minimum absolute atomic E-state index is 0.211. The minimum atomic E-state index is -1.33. The molecule has 0 aliphatic carbocycles. The molecule has 1 fully saturated rings. The number of rotatable bonds is 5. The standard InChI is InChI=1S/C18H18FN3O5/c1-18(2)26-16(23)13(17(24)27-18)8-20-14-6-12(19)4-5-15(14)25-10-11-7-21-22(3)9-11/h4-9,20H,10H2,1-3H3. The summed E-state index contributed by atoms with van der Waals surface area (Å²) >= 11 is 0. The molecule has 0 saturated carbocycles. The molecule has 1 aliphatic rings. The highest BCUT2D eigenvalue weighted by Crippen LogP contribution is 2.28. The van der Waals surface area contributed by atoms with Gasteiger partial charge in [-0.25, -0.2) is 14.0 Å². The maximum Gasteiger partial charge on any atom is 0.350 e. The van der Waals surface area contributed by atoms with Gasteiger partial charge in [0.25, 0.3) is 5.79 Å². The van der Waals surface area contributed by atoms with E-state index in [2.05, 4.69) is 10.4 Å². The average molecular weight is 375 g/mol. The SMILES string of the molecule is Cn1cc(COc2ccc(F)cc2NC=C2C(=O)OC(C)(C)OC2=O)cn1. The molecule has 0 spiro atoms. The van der Waals surface area contributed by atoms with Gasteiger partial charge in [0.05, 0.1) is 11.9 Å². The van der Waals surface area contributed by atoms with Crippen LogP contribution in [-0.4, -0.2) is 27.5 Å². The van der Waals surface area contributed by atoms with Crippen LogP contribution in [0.2, 0.25) is 0 Å². The van der Waals surface area contributed by atoms with Crippen molar-refractivity contribution in [3.05, 3.63) is 53.7 Å². The summed E-state index contributed by atoms with van der Waals surface area (Å²) < 4.78 is 30.9. The molecule has 0 amide bonds. The highest BCUT2D eigenvalue weighted by Gasteiger charge is 2.39. The fourth-order valence-electron chi connectivity index (χ4n) is 2.38. The molecule has 3 rings (SSSR count). The number of benzene rings is 1.